The molecule has 13 heavy (non-hydrogen) atoms. The van der Waals surface area contributed by atoms with Crippen molar-refractivity contribution in [3.63, 3.8) is 0 Å². The topological polar surface area (TPSA) is 55.1 Å². The Morgan fingerprint density at radius 1 is 1.54 bits per heavy atom. The number of rotatable bonds is 4. The number of nitrogens with two attached hydrogens (primary N) is 1. The average molecular weight is 176 g/mol. The van der Waals surface area contributed by atoms with Crippen molar-refractivity contribution in [1.82, 2.24) is 0 Å². The average Bonchev–Trinajstić information content (AvgIpc) is 2.16. The van der Waals surface area contributed by atoms with E-state index in [0.29, 0.717) is 17.8 Å². The Morgan fingerprint density at radius 2 is 2.31 bits per heavy atom. The van der Waals surface area contributed by atoms with Crippen LogP contribution in [-0.2, 0) is 0 Å². The van der Waals surface area contributed by atoms with Gasteiger partial charge in [0.25, 0.3) is 0 Å². The van der Waals surface area contributed by atoms with Crippen molar-refractivity contribution in [2.24, 2.45) is 0 Å². The first-order chi connectivity index (χ1) is 6.29. The lowest BCUT2D eigenvalue weighted by atomic mass is 10.1. The molecular formula is C10H12N2O. The van der Waals surface area contributed by atoms with Gasteiger partial charge in [-0.25, -0.2) is 0 Å². The van der Waals surface area contributed by atoms with Gasteiger partial charge in [0, 0.05) is 12.1 Å². The van der Waals surface area contributed by atoms with E-state index in [9.17, 15) is 4.79 Å². The highest BCUT2D eigenvalue weighted by Gasteiger charge is 2.01. The van der Waals surface area contributed by atoms with Crippen LogP contribution in [0.3, 0.4) is 0 Å². The van der Waals surface area contributed by atoms with Gasteiger partial charge in [-0.3, -0.25) is 4.79 Å². The van der Waals surface area contributed by atoms with E-state index >= 15 is 0 Å². The van der Waals surface area contributed by atoms with Crippen LogP contribution in [0.1, 0.15) is 10.4 Å². The molecule has 1 rings (SSSR count). The fourth-order valence-electron chi connectivity index (χ4n) is 1.02. The van der Waals surface area contributed by atoms with Gasteiger partial charge in [0.1, 0.15) is 0 Å². The molecule has 0 bridgehead atoms. The molecule has 1 aromatic carbocycles. The SMILES string of the molecule is C=CCNc1cccc(C=O)c1N. The minimum absolute atomic E-state index is 0.486. The first-order valence-electron chi connectivity index (χ1n) is 3.98. The molecule has 0 unspecified atom stereocenters. The molecule has 0 radical (unpaired) electrons. The van der Waals surface area contributed by atoms with E-state index in [0.717, 1.165) is 12.0 Å². The van der Waals surface area contributed by atoms with Gasteiger partial charge < -0.3 is 11.1 Å². The zero-order valence-corrected chi connectivity index (χ0v) is 7.29. The Bertz CT molecular complexity index is 321. The van der Waals surface area contributed by atoms with Crippen LogP contribution in [0.2, 0.25) is 0 Å². The van der Waals surface area contributed by atoms with Gasteiger partial charge in [0.2, 0.25) is 0 Å². The minimum Gasteiger partial charge on any atom is -0.396 e. The lowest BCUT2D eigenvalue weighted by molar-refractivity contribution is 0.112. The van der Waals surface area contributed by atoms with Crippen molar-refractivity contribution >= 4 is 17.7 Å². The molecule has 1 aromatic rings. The van der Waals surface area contributed by atoms with Crippen molar-refractivity contribution in [3.8, 4) is 0 Å². The number of aldehydes is 1. The summed E-state index contributed by atoms with van der Waals surface area (Å²) in [6.45, 7) is 4.21. The van der Waals surface area contributed by atoms with Gasteiger partial charge in [-0.05, 0) is 12.1 Å². The molecule has 0 aliphatic heterocycles. The molecule has 0 amide bonds. The van der Waals surface area contributed by atoms with Crippen LogP contribution in [0, 0.1) is 0 Å². The Hall–Kier alpha value is -1.77. The Morgan fingerprint density at radius 3 is 2.92 bits per heavy atom. The normalized spacial score (nSPS) is 9.23. The predicted octanol–water partition coefficient (Wildman–Crippen LogP) is 1.68. The number of benzene rings is 1. The standard InChI is InChI=1S/C10H12N2O/c1-2-6-12-9-5-3-4-8(7-13)10(9)11/h2-5,7,12H,1,6,11H2. The summed E-state index contributed by atoms with van der Waals surface area (Å²) >= 11 is 0. The second kappa shape index (κ2) is 4.30. The smallest absolute Gasteiger partial charge is 0.152 e. The van der Waals surface area contributed by atoms with Crippen LogP contribution in [0.4, 0.5) is 11.4 Å². The summed E-state index contributed by atoms with van der Waals surface area (Å²) in [5.74, 6) is 0. The second-order valence-corrected chi connectivity index (χ2v) is 2.60. The summed E-state index contributed by atoms with van der Waals surface area (Å²) in [4.78, 5) is 10.5. The molecule has 0 fully saturated rings. The first kappa shape index (κ1) is 9.32. The van der Waals surface area contributed by atoms with Crippen LogP contribution < -0.4 is 11.1 Å². The highest BCUT2D eigenvalue weighted by Crippen LogP contribution is 2.20. The molecule has 3 heteroatoms. The minimum atomic E-state index is 0.486. The van der Waals surface area contributed by atoms with Crippen LogP contribution in [-0.4, -0.2) is 12.8 Å². The quantitative estimate of drug-likeness (QED) is 0.417. The predicted molar refractivity (Wildman–Crippen MR) is 54.9 cm³/mol. The van der Waals surface area contributed by atoms with Gasteiger partial charge in [-0.15, -0.1) is 6.58 Å². The maximum Gasteiger partial charge on any atom is 0.152 e. The fourth-order valence-corrected chi connectivity index (χ4v) is 1.02. The summed E-state index contributed by atoms with van der Waals surface area (Å²) in [6.07, 6.45) is 2.47. The number of carbonyl (C=O) groups excluding carboxylic acids is 1. The molecule has 0 aromatic heterocycles. The van der Waals surface area contributed by atoms with E-state index < -0.39 is 0 Å². The lowest BCUT2D eigenvalue weighted by Crippen LogP contribution is -2.03. The summed E-state index contributed by atoms with van der Waals surface area (Å²) in [6, 6.07) is 5.29. The van der Waals surface area contributed by atoms with Crippen LogP contribution in [0.5, 0.6) is 0 Å². The van der Waals surface area contributed by atoms with E-state index in [4.69, 9.17) is 5.73 Å². The highest BCUT2D eigenvalue weighted by atomic mass is 16.1. The molecule has 0 saturated carbocycles. The van der Waals surface area contributed by atoms with E-state index in [1.54, 1.807) is 18.2 Å². The number of nitrogens with one attached hydrogen (secondary N) is 1. The largest absolute Gasteiger partial charge is 0.396 e. The van der Waals surface area contributed by atoms with Crippen molar-refractivity contribution in [2.75, 3.05) is 17.6 Å². The third-order valence-corrected chi connectivity index (χ3v) is 1.70. The van der Waals surface area contributed by atoms with E-state index in [-0.39, 0.29) is 0 Å². The summed E-state index contributed by atoms with van der Waals surface area (Å²) in [5, 5.41) is 3.04. The van der Waals surface area contributed by atoms with Gasteiger partial charge >= 0.3 is 0 Å². The summed E-state index contributed by atoms with van der Waals surface area (Å²) in [5.41, 5.74) is 7.47. The maximum absolute atomic E-state index is 10.5. The van der Waals surface area contributed by atoms with E-state index in [2.05, 4.69) is 11.9 Å². The van der Waals surface area contributed by atoms with Crippen LogP contribution >= 0.6 is 0 Å². The maximum atomic E-state index is 10.5. The van der Waals surface area contributed by atoms with E-state index in [1.807, 2.05) is 6.07 Å². The molecule has 0 heterocycles. The number of nitrogen functional groups attached to an aromatic ring is 1. The molecule has 3 nitrogen and oxygen atoms in total. The van der Waals surface area contributed by atoms with Crippen molar-refractivity contribution in [3.05, 3.63) is 36.4 Å². The summed E-state index contributed by atoms with van der Waals surface area (Å²) < 4.78 is 0. The number of carbonyl (C=O) groups is 1. The molecule has 0 atom stereocenters. The van der Waals surface area contributed by atoms with Crippen LogP contribution in [0.25, 0.3) is 0 Å². The molecular weight excluding hydrogens is 164 g/mol. The number of hydrogen-bond acceptors (Lipinski definition) is 3. The lowest BCUT2D eigenvalue weighted by Gasteiger charge is -2.07. The van der Waals surface area contributed by atoms with Gasteiger partial charge in [0.15, 0.2) is 6.29 Å². The van der Waals surface area contributed by atoms with Crippen molar-refractivity contribution in [1.29, 1.82) is 0 Å². The molecule has 0 saturated heterocycles. The van der Waals surface area contributed by atoms with Crippen LogP contribution in [0.15, 0.2) is 30.9 Å². The molecule has 0 aliphatic rings. The third kappa shape index (κ3) is 2.08. The van der Waals surface area contributed by atoms with E-state index in [1.165, 1.54) is 0 Å². The Balaban J connectivity index is 2.93. The Labute approximate surface area is 77.3 Å². The third-order valence-electron chi connectivity index (χ3n) is 1.70. The molecule has 3 N–H and O–H groups in total. The number of anilines is 2. The van der Waals surface area contributed by atoms with Gasteiger partial charge in [0.05, 0.1) is 11.4 Å². The Kier molecular flexibility index (Phi) is 3.09. The van der Waals surface area contributed by atoms with Crippen molar-refractivity contribution in [2.45, 2.75) is 0 Å². The highest BCUT2D eigenvalue weighted by molar-refractivity contribution is 5.88. The zero-order valence-electron chi connectivity index (χ0n) is 7.29. The summed E-state index contributed by atoms with van der Waals surface area (Å²) in [7, 11) is 0. The molecule has 0 aliphatic carbocycles. The first-order valence-corrected chi connectivity index (χ1v) is 3.98. The van der Waals surface area contributed by atoms with Gasteiger partial charge in [-0.2, -0.15) is 0 Å². The molecule has 68 valence electrons. The van der Waals surface area contributed by atoms with Crippen molar-refractivity contribution < 1.29 is 4.79 Å². The number of para-hydroxylation sites is 1. The number of hydrogen-bond donors (Lipinski definition) is 2. The zero-order chi connectivity index (χ0) is 9.68. The molecule has 0 spiro atoms. The van der Waals surface area contributed by atoms with Gasteiger partial charge in [-0.1, -0.05) is 12.1 Å². The monoisotopic (exact) mass is 176 g/mol. The fraction of sp³-hybridized carbons (Fsp3) is 0.100. The second-order valence-electron chi connectivity index (χ2n) is 2.60.